The highest BCUT2D eigenvalue weighted by Gasteiger charge is 2.03. The van der Waals surface area contributed by atoms with E-state index in [9.17, 15) is 0 Å². The van der Waals surface area contributed by atoms with Crippen LogP contribution in [0.5, 0.6) is 5.75 Å². The first-order valence-electron chi connectivity index (χ1n) is 7.38. The summed E-state index contributed by atoms with van der Waals surface area (Å²) in [6.45, 7) is 5.29. The van der Waals surface area contributed by atoms with Crippen molar-refractivity contribution in [3.05, 3.63) is 28.8 Å². The van der Waals surface area contributed by atoms with Crippen molar-refractivity contribution >= 4 is 11.6 Å². The summed E-state index contributed by atoms with van der Waals surface area (Å²) >= 11 is 6.23. The molecule has 4 heteroatoms. The van der Waals surface area contributed by atoms with E-state index in [1.165, 1.54) is 19.3 Å². The Balaban J connectivity index is 2.31. The average Bonchev–Trinajstić information content (AvgIpc) is 2.45. The van der Waals surface area contributed by atoms with Gasteiger partial charge >= 0.3 is 0 Å². The molecule has 20 heavy (non-hydrogen) atoms. The van der Waals surface area contributed by atoms with Crippen LogP contribution < -0.4 is 10.1 Å². The molecule has 0 amide bonds. The predicted octanol–water partition coefficient (Wildman–Crippen LogP) is 4.04. The number of halogens is 1. The van der Waals surface area contributed by atoms with E-state index in [1.54, 1.807) is 7.11 Å². The zero-order chi connectivity index (χ0) is 14.6. The van der Waals surface area contributed by atoms with Gasteiger partial charge in [0.05, 0.1) is 18.2 Å². The third-order valence-corrected chi connectivity index (χ3v) is 3.36. The van der Waals surface area contributed by atoms with Gasteiger partial charge in [-0.15, -0.1) is 0 Å². The maximum absolute atomic E-state index is 6.23. The van der Waals surface area contributed by atoms with Gasteiger partial charge < -0.3 is 14.8 Å². The fraction of sp³-hybridized carbons (Fsp3) is 0.625. The number of methoxy groups -OCH3 is 1. The number of unbranched alkanes of at least 4 members (excludes halogenated alkanes) is 3. The molecule has 0 saturated heterocycles. The Morgan fingerprint density at radius 1 is 1.15 bits per heavy atom. The molecule has 0 saturated carbocycles. The third-order valence-electron chi connectivity index (χ3n) is 3.06. The molecular formula is C16H26ClNO2. The van der Waals surface area contributed by atoms with Gasteiger partial charge in [0.25, 0.3) is 0 Å². The van der Waals surface area contributed by atoms with Crippen LogP contribution in [-0.2, 0) is 11.3 Å². The van der Waals surface area contributed by atoms with Crippen molar-refractivity contribution in [2.45, 2.75) is 39.2 Å². The number of hydrogen-bond donors (Lipinski definition) is 1. The molecular weight excluding hydrogens is 274 g/mol. The molecule has 1 N–H and O–H groups in total. The average molecular weight is 300 g/mol. The van der Waals surface area contributed by atoms with Crippen molar-refractivity contribution in [2.24, 2.45) is 0 Å². The van der Waals surface area contributed by atoms with E-state index in [4.69, 9.17) is 21.1 Å². The van der Waals surface area contributed by atoms with Gasteiger partial charge in [0.2, 0.25) is 0 Å². The van der Waals surface area contributed by atoms with Gasteiger partial charge in [-0.2, -0.15) is 0 Å². The Labute approximate surface area is 127 Å². The van der Waals surface area contributed by atoms with Crippen LogP contribution in [0, 0.1) is 0 Å². The normalized spacial score (nSPS) is 10.8. The molecule has 0 heterocycles. The van der Waals surface area contributed by atoms with Crippen LogP contribution in [0.3, 0.4) is 0 Å². The van der Waals surface area contributed by atoms with Crippen LogP contribution in [-0.4, -0.2) is 26.9 Å². The topological polar surface area (TPSA) is 30.5 Å². The summed E-state index contributed by atoms with van der Waals surface area (Å²) in [5.74, 6) is 0.781. The molecule has 0 aliphatic carbocycles. The van der Waals surface area contributed by atoms with Gasteiger partial charge in [0.1, 0.15) is 5.75 Å². The van der Waals surface area contributed by atoms with Crippen molar-refractivity contribution in [1.29, 1.82) is 0 Å². The van der Waals surface area contributed by atoms with E-state index >= 15 is 0 Å². The van der Waals surface area contributed by atoms with Gasteiger partial charge in [0, 0.05) is 20.2 Å². The Morgan fingerprint density at radius 3 is 2.70 bits per heavy atom. The number of nitrogens with one attached hydrogen (secondary N) is 1. The van der Waals surface area contributed by atoms with Crippen LogP contribution >= 0.6 is 11.6 Å². The van der Waals surface area contributed by atoms with Crippen LogP contribution in [0.1, 0.15) is 38.2 Å². The number of rotatable bonds is 11. The zero-order valence-electron chi connectivity index (χ0n) is 12.6. The first kappa shape index (κ1) is 17.3. The number of hydrogen-bond acceptors (Lipinski definition) is 3. The third kappa shape index (κ3) is 7.13. The first-order chi connectivity index (χ1) is 9.77. The second-order valence-corrected chi connectivity index (χ2v) is 5.25. The molecule has 1 aromatic carbocycles. The molecule has 0 atom stereocenters. The molecule has 0 fully saturated rings. The second kappa shape index (κ2) is 11.0. The van der Waals surface area contributed by atoms with Crippen molar-refractivity contribution in [3.8, 4) is 5.75 Å². The standard InChI is InChI=1S/C16H26ClNO2/c1-3-4-5-6-10-20-16-8-7-14(12-15(16)17)13-18-9-11-19-2/h7-8,12,18H,3-6,9-11,13H2,1-2H3. The largest absolute Gasteiger partial charge is 0.492 e. The lowest BCUT2D eigenvalue weighted by Gasteiger charge is -2.10. The first-order valence-corrected chi connectivity index (χ1v) is 7.76. The smallest absolute Gasteiger partial charge is 0.137 e. The molecule has 0 radical (unpaired) electrons. The van der Waals surface area contributed by atoms with Crippen LogP contribution in [0.2, 0.25) is 5.02 Å². The molecule has 0 aliphatic rings. The summed E-state index contributed by atoms with van der Waals surface area (Å²) in [5, 5.41) is 3.98. The van der Waals surface area contributed by atoms with E-state index in [0.29, 0.717) is 11.6 Å². The van der Waals surface area contributed by atoms with E-state index in [-0.39, 0.29) is 0 Å². The predicted molar refractivity (Wildman–Crippen MR) is 84.7 cm³/mol. The zero-order valence-corrected chi connectivity index (χ0v) is 13.3. The van der Waals surface area contributed by atoms with E-state index in [0.717, 1.165) is 37.4 Å². The lowest BCUT2D eigenvalue weighted by atomic mass is 10.2. The lowest BCUT2D eigenvalue weighted by molar-refractivity contribution is 0.199. The van der Waals surface area contributed by atoms with Crippen LogP contribution in [0.4, 0.5) is 0 Å². The minimum absolute atomic E-state index is 0.687. The summed E-state index contributed by atoms with van der Waals surface area (Å²) in [5.41, 5.74) is 1.16. The maximum Gasteiger partial charge on any atom is 0.137 e. The lowest BCUT2D eigenvalue weighted by Crippen LogP contribution is -2.18. The van der Waals surface area contributed by atoms with E-state index < -0.39 is 0 Å². The Bertz CT molecular complexity index is 371. The summed E-state index contributed by atoms with van der Waals surface area (Å²) in [4.78, 5) is 0. The summed E-state index contributed by atoms with van der Waals surface area (Å²) in [6.07, 6.45) is 4.81. The van der Waals surface area contributed by atoms with Gasteiger partial charge in [-0.1, -0.05) is 43.9 Å². The minimum atomic E-state index is 0.687. The van der Waals surface area contributed by atoms with Gasteiger partial charge in [-0.05, 0) is 24.1 Å². The van der Waals surface area contributed by atoms with Crippen molar-refractivity contribution in [3.63, 3.8) is 0 Å². The maximum atomic E-state index is 6.23. The molecule has 0 aliphatic heterocycles. The number of ether oxygens (including phenoxy) is 2. The molecule has 1 aromatic rings. The second-order valence-electron chi connectivity index (χ2n) is 4.84. The molecule has 0 aromatic heterocycles. The van der Waals surface area contributed by atoms with Crippen molar-refractivity contribution in [1.82, 2.24) is 5.32 Å². The molecule has 1 rings (SSSR count). The molecule has 0 spiro atoms. The molecule has 0 bridgehead atoms. The molecule has 0 unspecified atom stereocenters. The van der Waals surface area contributed by atoms with Gasteiger partial charge in [-0.25, -0.2) is 0 Å². The Morgan fingerprint density at radius 2 is 2.00 bits per heavy atom. The number of benzene rings is 1. The van der Waals surface area contributed by atoms with Crippen LogP contribution in [0.25, 0.3) is 0 Å². The molecule has 114 valence electrons. The summed E-state index contributed by atoms with van der Waals surface area (Å²) in [7, 11) is 1.70. The summed E-state index contributed by atoms with van der Waals surface area (Å²) in [6, 6.07) is 5.96. The summed E-state index contributed by atoms with van der Waals surface area (Å²) < 4.78 is 10.7. The van der Waals surface area contributed by atoms with Crippen molar-refractivity contribution < 1.29 is 9.47 Å². The fourth-order valence-electron chi connectivity index (χ4n) is 1.89. The quantitative estimate of drug-likeness (QED) is 0.626. The minimum Gasteiger partial charge on any atom is -0.492 e. The highest BCUT2D eigenvalue weighted by molar-refractivity contribution is 6.32. The van der Waals surface area contributed by atoms with E-state index in [1.807, 2.05) is 18.2 Å². The highest BCUT2D eigenvalue weighted by atomic mass is 35.5. The highest BCUT2D eigenvalue weighted by Crippen LogP contribution is 2.25. The fourth-order valence-corrected chi connectivity index (χ4v) is 2.15. The monoisotopic (exact) mass is 299 g/mol. The van der Waals surface area contributed by atoms with Crippen molar-refractivity contribution in [2.75, 3.05) is 26.9 Å². The van der Waals surface area contributed by atoms with E-state index in [2.05, 4.69) is 12.2 Å². The van der Waals surface area contributed by atoms with Crippen LogP contribution in [0.15, 0.2) is 18.2 Å². The Hall–Kier alpha value is -0.770. The van der Waals surface area contributed by atoms with Gasteiger partial charge in [-0.3, -0.25) is 0 Å². The van der Waals surface area contributed by atoms with Gasteiger partial charge in [0.15, 0.2) is 0 Å². The molecule has 3 nitrogen and oxygen atoms in total. The SMILES string of the molecule is CCCCCCOc1ccc(CNCCOC)cc1Cl. The Kier molecular flexibility index (Phi) is 9.46.